The summed E-state index contributed by atoms with van der Waals surface area (Å²) in [6, 6.07) is 24.1. The number of rotatable bonds is 8. The minimum Gasteiger partial charge on any atom is -0.743 e. The molecule has 5 nitrogen and oxygen atoms in total. The molecule has 0 N–H and O–H groups in total. The SMILES string of the molecule is CCC(C)(C)C(=O)OC(C(F)(F)F)C(F)(F)S(=O)(=O)[O-].Cc1ccc([S+](c2ccc(C)cc2)c2ccc(F)cc2)cc1. The first-order chi connectivity index (χ1) is 19.2. The summed E-state index contributed by atoms with van der Waals surface area (Å²) in [6.07, 6.45) is -10.3. The highest BCUT2D eigenvalue weighted by Crippen LogP contribution is 2.39. The van der Waals surface area contributed by atoms with E-state index >= 15 is 0 Å². The summed E-state index contributed by atoms with van der Waals surface area (Å²) in [6.45, 7) is 7.79. The summed E-state index contributed by atoms with van der Waals surface area (Å²) in [4.78, 5) is 15.0. The minimum absolute atomic E-state index is 0.0495. The Morgan fingerprint density at radius 1 is 0.810 bits per heavy atom. The van der Waals surface area contributed by atoms with Gasteiger partial charge in [-0.2, -0.15) is 22.0 Å². The zero-order valence-corrected chi connectivity index (χ0v) is 25.0. The van der Waals surface area contributed by atoms with Crippen molar-refractivity contribution in [1.82, 2.24) is 0 Å². The molecule has 0 saturated carbocycles. The van der Waals surface area contributed by atoms with Crippen molar-refractivity contribution in [2.75, 3.05) is 0 Å². The summed E-state index contributed by atoms with van der Waals surface area (Å²) in [5.41, 5.74) is 0.942. The lowest BCUT2D eigenvalue weighted by Crippen LogP contribution is -2.53. The fraction of sp³-hybridized carbons (Fsp3) is 0.345. The summed E-state index contributed by atoms with van der Waals surface area (Å²) in [5.74, 6) is -1.88. The van der Waals surface area contributed by atoms with Crippen molar-refractivity contribution in [3.63, 3.8) is 0 Å². The van der Waals surface area contributed by atoms with Crippen LogP contribution in [0.1, 0.15) is 38.3 Å². The third-order valence-corrected chi connectivity index (χ3v) is 9.27. The van der Waals surface area contributed by atoms with Gasteiger partial charge >= 0.3 is 17.4 Å². The van der Waals surface area contributed by atoms with Gasteiger partial charge in [-0.25, -0.2) is 12.8 Å². The molecule has 0 spiro atoms. The van der Waals surface area contributed by atoms with Crippen molar-refractivity contribution in [3.8, 4) is 0 Å². The monoisotopic (exact) mass is 636 g/mol. The van der Waals surface area contributed by atoms with E-state index in [1.807, 2.05) is 12.1 Å². The van der Waals surface area contributed by atoms with Gasteiger partial charge in [0.05, 0.1) is 16.3 Å². The number of alkyl halides is 5. The molecule has 0 aliphatic heterocycles. The van der Waals surface area contributed by atoms with Gasteiger partial charge in [0.25, 0.3) is 6.10 Å². The Morgan fingerprint density at radius 3 is 1.48 bits per heavy atom. The maximum Gasteiger partial charge on any atom is 0.432 e. The Balaban J connectivity index is 0.000000296. The molecule has 42 heavy (non-hydrogen) atoms. The summed E-state index contributed by atoms with van der Waals surface area (Å²) >= 11 is 0. The van der Waals surface area contributed by atoms with E-state index in [-0.39, 0.29) is 23.1 Å². The summed E-state index contributed by atoms with van der Waals surface area (Å²) in [5, 5.41) is -5.81. The molecule has 13 heteroatoms. The van der Waals surface area contributed by atoms with Crippen molar-refractivity contribution >= 4 is 27.0 Å². The van der Waals surface area contributed by atoms with E-state index < -0.39 is 39.0 Å². The first kappa shape index (κ1) is 35.2. The van der Waals surface area contributed by atoms with Crippen LogP contribution < -0.4 is 0 Å². The molecule has 0 radical (unpaired) electrons. The van der Waals surface area contributed by atoms with Gasteiger partial charge in [0.1, 0.15) is 5.82 Å². The lowest BCUT2D eigenvalue weighted by molar-refractivity contribution is -0.262. The number of benzene rings is 3. The van der Waals surface area contributed by atoms with Crippen LogP contribution in [-0.2, 0) is 30.5 Å². The Labute approximate surface area is 244 Å². The van der Waals surface area contributed by atoms with Crippen LogP contribution in [0.25, 0.3) is 0 Å². The van der Waals surface area contributed by atoms with E-state index in [1.165, 1.54) is 40.0 Å². The number of esters is 1. The van der Waals surface area contributed by atoms with Crippen molar-refractivity contribution in [2.24, 2.45) is 5.41 Å². The maximum absolute atomic E-state index is 13.3. The Morgan fingerprint density at radius 2 is 1.17 bits per heavy atom. The molecule has 0 aliphatic rings. The standard InChI is InChI=1S/C20H18FS.C9H13F5O5S/c1-15-3-9-18(10-4-15)22(19-11-5-16(2)6-12-19)20-13-7-17(21)8-14-20;1-4-7(2,3)6(15)19-5(8(10,11)12)9(13,14)20(16,17)18/h3-14H,1-2H3;5H,4H2,1-3H3,(H,16,17,18)/q+1;/p-1. The molecule has 3 aromatic rings. The van der Waals surface area contributed by atoms with Crippen LogP contribution in [-0.4, -0.2) is 36.5 Å². The second-order valence-electron chi connectivity index (χ2n) is 9.97. The molecule has 0 saturated heterocycles. The molecular formula is C29H30F6O5S2. The Kier molecular flexibility index (Phi) is 11.3. The minimum atomic E-state index is -6.66. The molecule has 230 valence electrons. The third kappa shape index (κ3) is 8.98. The van der Waals surface area contributed by atoms with Crippen LogP contribution in [0.3, 0.4) is 0 Å². The van der Waals surface area contributed by atoms with E-state index in [0.29, 0.717) is 0 Å². The molecule has 0 bridgehead atoms. The average molecular weight is 637 g/mol. The highest BCUT2D eigenvalue weighted by Gasteiger charge is 2.63. The highest BCUT2D eigenvalue weighted by molar-refractivity contribution is 7.97. The van der Waals surface area contributed by atoms with Gasteiger partial charge in [0, 0.05) is 0 Å². The van der Waals surface area contributed by atoms with Crippen LogP contribution in [0, 0.1) is 25.1 Å². The zero-order valence-electron chi connectivity index (χ0n) is 23.3. The Hall–Kier alpha value is -3.03. The molecule has 0 heterocycles. The molecule has 3 rings (SSSR count). The first-order valence-corrected chi connectivity index (χ1v) is 15.1. The Bertz CT molecular complexity index is 1330. The van der Waals surface area contributed by atoms with Gasteiger partial charge < -0.3 is 9.29 Å². The van der Waals surface area contributed by atoms with E-state index in [4.69, 9.17) is 0 Å². The molecule has 0 aliphatic carbocycles. The number of halogens is 6. The van der Waals surface area contributed by atoms with Crippen LogP contribution in [0.2, 0.25) is 0 Å². The largest absolute Gasteiger partial charge is 0.743 e. The predicted octanol–water partition coefficient (Wildman–Crippen LogP) is 7.57. The topological polar surface area (TPSA) is 83.5 Å². The van der Waals surface area contributed by atoms with Crippen molar-refractivity contribution < 1.29 is 48.8 Å². The maximum atomic E-state index is 13.3. The molecule has 1 unspecified atom stereocenters. The van der Waals surface area contributed by atoms with Crippen LogP contribution >= 0.6 is 0 Å². The van der Waals surface area contributed by atoms with Gasteiger partial charge in [-0.3, -0.25) is 4.79 Å². The number of hydrogen-bond donors (Lipinski definition) is 0. The number of carbonyl (C=O) groups excluding carboxylic acids is 1. The molecular weight excluding hydrogens is 606 g/mol. The smallest absolute Gasteiger partial charge is 0.432 e. The number of ether oxygens (including phenoxy) is 1. The molecule has 1 atom stereocenters. The molecule has 0 amide bonds. The van der Waals surface area contributed by atoms with Crippen molar-refractivity contribution in [3.05, 3.63) is 89.7 Å². The molecule has 0 aromatic heterocycles. The zero-order chi connectivity index (χ0) is 32.1. The van der Waals surface area contributed by atoms with E-state index in [1.54, 1.807) is 0 Å². The fourth-order valence-corrected chi connectivity index (χ4v) is 5.68. The summed E-state index contributed by atoms with van der Waals surface area (Å²) in [7, 11) is -6.87. The van der Waals surface area contributed by atoms with Gasteiger partial charge in [0.2, 0.25) is 0 Å². The predicted molar refractivity (Wildman–Crippen MR) is 146 cm³/mol. The molecule has 3 aromatic carbocycles. The first-order valence-electron chi connectivity index (χ1n) is 12.4. The number of hydrogen-bond acceptors (Lipinski definition) is 5. The van der Waals surface area contributed by atoms with Gasteiger partial charge in [-0.15, -0.1) is 0 Å². The van der Waals surface area contributed by atoms with Crippen molar-refractivity contribution in [1.29, 1.82) is 0 Å². The lowest BCUT2D eigenvalue weighted by Gasteiger charge is -2.32. The second-order valence-corrected chi connectivity index (χ2v) is 13.4. The summed E-state index contributed by atoms with van der Waals surface area (Å²) < 4.78 is 111. The van der Waals surface area contributed by atoms with Crippen LogP contribution in [0.4, 0.5) is 26.3 Å². The van der Waals surface area contributed by atoms with Crippen LogP contribution in [0.5, 0.6) is 0 Å². The normalized spacial score (nSPS) is 13.3. The fourth-order valence-electron chi connectivity index (χ4n) is 3.20. The number of aryl methyl sites for hydroxylation is 2. The lowest BCUT2D eigenvalue weighted by atomic mass is 9.90. The average Bonchev–Trinajstić information content (AvgIpc) is 2.89. The van der Waals surface area contributed by atoms with Gasteiger partial charge in [-0.1, -0.05) is 42.3 Å². The number of carbonyl (C=O) groups is 1. The quantitative estimate of drug-likeness (QED) is 0.110. The second kappa shape index (κ2) is 13.5. The third-order valence-electron chi connectivity index (χ3n) is 6.16. The van der Waals surface area contributed by atoms with Gasteiger partial charge in [-0.05, 0) is 82.6 Å². The van der Waals surface area contributed by atoms with Gasteiger partial charge in [0.15, 0.2) is 24.8 Å². The van der Waals surface area contributed by atoms with Crippen LogP contribution in [0.15, 0.2) is 87.5 Å². The van der Waals surface area contributed by atoms with E-state index in [0.717, 1.165) is 18.7 Å². The molecule has 0 fully saturated rings. The van der Waals surface area contributed by atoms with E-state index in [9.17, 15) is 44.1 Å². The highest BCUT2D eigenvalue weighted by atomic mass is 32.2. The van der Waals surface area contributed by atoms with E-state index in [2.05, 4.69) is 67.1 Å². The van der Waals surface area contributed by atoms with Crippen molar-refractivity contribution in [2.45, 2.75) is 73.3 Å².